The zero-order chi connectivity index (χ0) is 13.0. The van der Waals surface area contributed by atoms with Crippen molar-refractivity contribution in [2.75, 3.05) is 20.3 Å². The highest BCUT2D eigenvalue weighted by Gasteiger charge is 2.23. The van der Waals surface area contributed by atoms with Gasteiger partial charge in [0, 0.05) is 18.7 Å². The van der Waals surface area contributed by atoms with E-state index in [4.69, 9.17) is 9.47 Å². The first-order valence-electron chi connectivity index (χ1n) is 6.68. The van der Waals surface area contributed by atoms with Crippen LogP contribution in [-0.4, -0.2) is 26.4 Å². The maximum absolute atomic E-state index is 5.44. The van der Waals surface area contributed by atoms with Crippen LogP contribution in [-0.2, 0) is 4.74 Å². The summed E-state index contributed by atoms with van der Waals surface area (Å²) in [7, 11) is 1.69. The summed E-state index contributed by atoms with van der Waals surface area (Å²) in [5.41, 5.74) is 1.29. The van der Waals surface area contributed by atoms with Crippen LogP contribution in [0.25, 0.3) is 0 Å². The lowest BCUT2D eigenvalue weighted by molar-refractivity contribution is 0.177. The second kappa shape index (κ2) is 6.21. The van der Waals surface area contributed by atoms with Gasteiger partial charge in [-0.25, -0.2) is 0 Å². The number of hydrogen-bond donors (Lipinski definition) is 1. The lowest BCUT2D eigenvalue weighted by Crippen LogP contribution is -2.35. The third-order valence-corrected chi connectivity index (χ3v) is 3.80. The molecule has 3 nitrogen and oxygen atoms in total. The molecule has 1 saturated heterocycles. The summed E-state index contributed by atoms with van der Waals surface area (Å²) >= 11 is 0. The average molecular weight is 249 g/mol. The van der Waals surface area contributed by atoms with Crippen LogP contribution in [0.5, 0.6) is 5.75 Å². The van der Waals surface area contributed by atoms with Crippen molar-refractivity contribution in [1.82, 2.24) is 5.32 Å². The Morgan fingerprint density at radius 1 is 1.28 bits per heavy atom. The van der Waals surface area contributed by atoms with Crippen LogP contribution in [0.1, 0.15) is 31.9 Å². The van der Waals surface area contributed by atoms with E-state index in [9.17, 15) is 0 Å². The standard InChI is InChI=1S/C15H23NO2/c1-11(13-4-6-15(17-3)7-5-13)16-12(2)14-8-9-18-10-14/h4-7,11-12,14,16H,8-10H2,1-3H3. The second-order valence-electron chi connectivity index (χ2n) is 5.07. The predicted octanol–water partition coefficient (Wildman–Crippen LogP) is 2.77. The van der Waals surface area contributed by atoms with Gasteiger partial charge in [0.1, 0.15) is 5.75 Å². The Morgan fingerprint density at radius 2 is 2.00 bits per heavy atom. The molecule has 3 heteroatoms. The molecular weight excluding hydrogens is 226 g/mol. The lowest BCUT2D eigenvalue weighted by atomic mass is 9.98. The second-order valence-corrected chi connectivity index (χ2v) is 5.07. The highest BCUT2D eigenvalue weighted by Crippen LogP contribution is 2.21. The summed E-state index contributed by atoms with van der Waals surface area (Å²) in [5.74, 6) is 1.55. The molecule has 1 aliphatic heterocycles. The summed E-state index contributed by atoms with van der Waals surface area (Å²) in [6.45, 7) is 6.25. The van der Waals surface area contributed by atoms with Crippen LogP contribution >= 0.6 is 0 Å². The van der Waals surface area contributed by atoms with Crippen molar-refractivity contribution < 1.29 is 9.47 Å². The van der Waals surface area contributed by atoms with Crippen molar-refractivity contribution in [1.29, 1.82) is 0 Å². The van der Waals surface area contributed by atoms with Crippen molar-refractivity contribution in [2.24, 2.45) is 5.92 Å². The van der Waals surface area contributed by atoms with E-state index in [0.29, 0.717) is 18.0 Å². The fraction of sp³-hybridized carbons (Fsp3) is 0.600. The van der Waals surface area contributed by atoms with E-state index in [1.807, 2.05) is 12.1 Å². The van der Waals surface area contributed by atoms with Crippen LogP contribution < -0.4 is 10.1 Å². The molecule has 1 fully saturated rings. The first kappa shape index (κ1) is 13.4. The van der Waals surface area contributed by atoms with Gasteiger partial charge in [-0.1, -0.05) is 12.1 Å². The van der Waals surface area contributed by atoms with Crippen LogP contribution in [0, 0.1) is 5.92 Å². The maximum Gasteiger partial charge on any atom is 0.118 e. The Hall–Kier alpha value is -1.06. The monoisotopic (exact) mass is 249 g/mol. The maximum atomic E-state index is 5.44. The van der Waals surface area contributed by atoms with Crippen LogP contribution in [0.4, 0.5) is 0 Å². The Bertz CT molecular complexity index is 357. The quantitative estimate of drug-likeness (QED) is 0.870. The molecule has 1 aromatic carbocycles. The molecule has 0 spiro atoms. The van der Waals surface area contributed by atoms with Crippen LogP contribution in [0.15, 0.2) is 24.3 Å². The van der Waals surface area contributed by atoms with E-state index in [-0.39, 0.29) is 0 Å². The zero-order valence-electron chi connectivity index (χ0n) is 11.5. The molecule has 0 saturated carbocycles. The molecule has 3 atom stereocenters. The van der Waals surface area contributed by atoms with Gasteiger partial charge in [0.15, 0.2) is 0 Å². The van der Waals surface area contributed by atoms with E-state index in [1.54, 1.807) is 7.11 Å². The summed E-state index contributed by atoms with van der Waals surface area (Å²) in [4.78, 5) is 0. The number of rotatable bonds is 5. The molecule has 3 unspecified atom stereocenters. The van der Waals surface area contributed by atoms with Gasteiger partial charge < -0.3 is 14.8 Å². The topological polar surface area (TPSA) is 30.5 Å². The number of methoxy groups -OCH3 is 1. The average Bonchev–Trinajstić information content (AvgIpc) is 2.92. The Labute approximate surface area is 109 Å². The number of benzene rings is 1. The Kier molecular flexibility index (Phi) is 4.61. The molecule has 1 aliphatic rings. The minimum Gasteiger partial charge on any atom is -0.497 e. The van der Waals surface area contributed by atoms with Gasteiger partial charge in [0.05, 0.1) is 13.7 Å². The normalized spacial score (nSPS) is 22.7. The molecule has 2 rings (SSSR count). The first-order valence-corrected chi connectivity index (χ1v) is 6.68. The largest absolute Gasteiger partial charge is 0.497 e. The SMILES string of the molecule is COc1ccc(C(C)NC(C)C2CCOC2)cc1. The molecule has 1 heterocycles. The third-order valence-electron chi connectivity index (χ3n) is 3.80. The molecule has 0 radical (unpaired) electrons. The third kappa shape index (κ3) is 3.24. The summed E-state index contributed by atoms with van der Waals surface area (Å²) in [5, 5.41) is 3.65. The predicted molar refractivity (Wildman–Crippen MR) is 72.9 cm³/mol. The van der Waals surface area contributed by atoms with Gasteiger partial charge in [0.25, 0.3) is 0 Å². The molecular formula is C15H23NO2. The van der Waals surface area contributed by atoms with Crippen LogP contribution in [0.2, 0.25) is 0 Å². The van der Waals surface area contributed by atoms with E-state index >= 15 is 0 Å². The molecule has 1 N–H and O–H groups in total. The van der Waals surface area contributed by atoms with E-state index in [2.05, 4.69) is 31.3 Å². The molecule has 0 aromatic heterocycles. The van der Waals surface area contributed by atoms with Crippen molar-refractivity contribution >= 4 is 0 Å². The molecule has 0 amide bonds. The highest BCUT2D eigenvalue weighted by atomic mass is 16.5. The fourth-order valence-electron chi connectivity index (χ4n) is 2.47. The lowest BCUT2D eigenvalue weighted by Gasteiger charge is -2.24. The number of nitrogens with one attached hydrogen (secondary N) is 1. The number of ether oxygens (including phenoxy) is 2. The van der Waals surface area contributed by atoms with E-state index in [1.165, 1.54) is 12.0 Å². The molecule has 100 valence electrons. The van der Waals surface area contributed by atoms with E-state index < -0.39 is 0 Å². The highest BCUT2D eigenvalue weighted by molar-refractivity contribution is 5.28. The zero-order valence-corrected chi connectivity index (χ0v) is 11.5. The van der Waals surface area contributed by atoms with Gasteiger partial charge >= 0.3 is 0 Å². The molecule has 1 aromatic rings. The van der Waals surface area contributed by atoms with Gasteiger partial charge in [-0.05, 0) is 43.9 Å². The molecule has 18 heavy (non-hydrogen) atoms. The van der Waals surface area contributed by atoms with Crippen molar-refractivity contribution in [3.05, 3.63) is 29.8 Å². The number of hydrogen-bond acceptors (Lipinski definition) is 3. The Balaban J connectivity index is 1.91. The minimum atomic E-state index is 0.353. The van der Waals surface area contributed by atoms with Gasteiger partial charge in [-0.15, -0.1) is 0 Å². The van der Waals surface area contributed by atoms with Gasteiger partial charge in [-0.3, -0.25) is 0 Å². The van der Waals surface area contributed by atoms with E-state index in [0.717, 1.165) is 19.0 Å². The fourth-order valence-corrected chi connectivity index (χ4v) is 2.47. The molecule has 0 aliphatic carbocycles. The first-order chi connectivity index (χ1) is 8.70. The summed E-state index contributed by atoms with van der Waals surface area (Å²) < 4.78 is 10.6. The summed E-state index contributed by atoms with van der Waals surface area (Å²) in [6, 6.07) is 9.10. The Morgan fingerprint density at radius 3 is 2.56 bits per heavy atom. The van der Waals surface area contributed by atoms with Crippen molar-refractivity contribution in [3.63, 3.8) is 0 Å². The van der Waals surface area contributed by atoms with Gasteiger partial charge in [0.2, 0.25) is 0 Å². The van der Waals surface area contributed by atoms with Crippen molar-refractivity contribution in [2.45, 2.75) is 32.4 Å². The van der Waals surface area contributed by atoms with Crippen molar-refractivity contribution in [3.8, 4) is 5.75 Å². The van der Waals surface area contributed by atoms with Gasteiger partial charge in [-0.2, -0.15) is 0 Å². The minimum absolute atomic E-state index is 0.353. The smallest absolute Gasteiger partial charge is 0.118 e. The molecule has 0 bridgehead atoms. The summed E-state index contributed by atoms with van der Waals surface area (Å²) in [6.07, 6.45) is 1.17. The van der Waals surface area contributed by atoms with Crippen LogP contribution in [0.3, 0.4) is 0 Å².